The van der Waals surface area contributed by atoms with Gasteiger partial charge < -0.3 is 4.74 Å². The molecule has 1 atom stereocenters. The van der Waals surface area contributed by atoms with Crippen molar-refractivity contribution in [1.82, 2.24) is 0 Å². The molecule has 0 saturated carbocycles. The highest BCUT2D eigenvalue weighted by atomic mass is 16.5. The van der Waals surface area contributed by atoms with E-state index in [-0.39, 0.29) is 11.9 Å². The van der Waals surface area contributed by atoms with Crippen LogP contribution in [0.5, 0.6) is 0 Å². The smallest absolute Gasteiger partial charge is 0.161 e. The van der Waals surface area contributed by atoms with Crippen molar-refractivity contribution in [2.75, 3.05) is 6.61 Å². The Hall–Kier alpha value is -0.810. The lowest BCUT2D eigenvalue weighted by atomic mass is 10.1. The second-order valence-corrected chi connectivity index (χ2v) is 3.26. The Bertz CT molecular complexity index is 185. The van der Waals surface area contributed by atoms with Crippen LogP contribution in [-0.2, 0) is 9.53 Å². The molecule has 80 valence electrons. The number of hydrogen-bond donors (Lipinski definition) is 0. The maximum absolute atomic E-state index is 11.6. The summed E-state index contributed by atoms with van der Waals surface area (Å²) in [6.07, 6.45) is 8.72. The van der Waals surface area contributed by atoms with Gasteiger partial charge in [0.15, 0.2) is 5.78 Å². The summed E-state index contributed by atoms with van der Waals surface area (Å²) in [4.78, 5) is 11.6. The number of hydrogen-bond acceptors (Lipinski definition) is 2. The van der Waals surface area contributed by atoms with E-state index in [1.807, 2.05) is 6.92 Å². The Balaban J connectivity index is 3.83. The number of carbonyl (C=O) groups excluding carboxylic acids is 1. The summed E-state index contributed by atoms with van der Waals surface area (Å²) in [5.41, 5.74) is 0. The van der Waals surface area contributed by atoms with Crippen LogP contribution in [0.25, 0.3) is 0 Å². The van der Waals surface area contributed by atoms with Gasteiger partial charge in [-0.05, 0) is 19.8 Å². The number of carbonyl (C=O) groups is 1. The molecule has 0 fully saturated rings. The van der Waals surface area contributed by atoms with Crippen LogP contribution >= 0.6 is 0 Å². The Morgan fingerprint density at radius 2 is 2.21 bits per heavy atom. The first-order chi connectivity index (χ1) is 6.76. The van der Waals surface area contributed by atoms with Gasteiger partial charge >= 0.3 is 0 Å². The molecule has 2 nitrogen and oxygen atoms in total. The third-order valence-electron chi connectivity index (χ3n) is 2.02. The fourth-order valence-electron chi connectivity index (χ4n) is 1.33. The van der Waals surface area contributed by atoms with Crippen LogP contribution in [0.15, 0.2) is 0 Å². The normalized spacial score (nSPS) is 12.1. The molecular weight excluding hydrogens is 176 g/mol. The van der Waals surface area contributed by atoms with Gasteiger partial charge in [-0.15, -0.1) is 12.3 Å². The van der Waals surface area contributed by atoms with Gasteiger partial charge in [-0.1, -0.05) is 13.3 Å². The topological polar surface area (TPSA) is 26.3 Å². The maximum atomic E-state index is 11.6. The molecule has 0 aliphatic heterocycles. The summed E-state index contributed by atoms with van der Waals surface area (Å²) in [6, 6.07) is 0. The zero-order valence-corrected chi connectivity index (χ0v) is 9.21. The second-order valence-electron chi connectivity index (χ2n) is 3.26. The highest BCUT2D eigenvalue weighted by Gasteiger charge is 2.16. The number of unbranched alkanes of at least 4 members (excludes halogenated alkanes) is 1. The van der Waals surface area contributed by atoms with E-state index in [0.29, 0.717) is 19.4 Å². The molecule has 0 spiro atoms. The molecule has 14 heavy (non-hydrogen) atoms. The Labute approximate surface area is 87.0 Å². The average molecular weight is 196 g/mol. The van der Waals surface area contributed by atoms with Crippen LogP contribution in [0.2, 0.25) is 0 Å². The predicted molar refractivity (Wildman–Crippen MR) is 58.0 cm³/mol. The van der Waals surface area contributed by atoms with Gasteiger partial charge in [-0.25, -0.2) is 0 Å². The molecule has 0 saturated heterocycles. The lowest BCUT2D eigenvalue weighted by Crippen LogP contribution is -2.24. The first-order valence-corrected chi connectivity index (χ1v) is 5.34. The standard InChI is InChI=1S/C12H20O2/c1-4-7-8-10-11(13)12(9-5-2)14-6-3/h1,12H,5-10H2,2-3H3. The maximum Gasteiger partial charge on any atom is 0.161 e. The zero-order chi connectivity index (χ0) is 10.8. The highest BCUT2D eigenvalue weighted by Crippen LogP contribution is 2.08. The molecule has 0 N–H and O–H groups in total. The van der Waals surface area contributed by atoms with E-state index in [1.54, 1.807) is 0 Å². The molecule has 0 aliphatic carbocycles. The van der Waals surface area contributed by atoms with E-state index in [2.05, 4.69) is 12.8 Å². The molecule has 0 aliphatic rings. The van der Waals surface area contributed by atoms with Crippen LogP contribution in [0.3, 0.4) is 0 Å². The van der Waals surface area contributed by atoms with E-state index in [9.17, 15) is 4.79 Å². The van der Waals surface area contributed by atoms with Gasteiger partial charge in [0.05, 0.1) is 0 Å². The number of terminal acetylenes is 1. The average Bonchev–Trinajstić information content (AvgIpc) is 2.18. The summed E-state index contributed by atoms with van der Waals surface area (Å²) >= 11 is 0. The van der Waals surface area contributed by atoms with E-state index >= 15 is 0 Å². The summed E-state index contributed by atoms with van der Waals surface area (Å²) in [6.45, 7) is 4.57. The molecular formula is C12H20O2. The molecule has 0 aromatic carbocycles. The molecule has 1 unspecified atom stereocenters. The molecule has 0 radical (unpaired) electrons. The first kappa shape index (κ1) is 13.2. The first-order valence-electron chi connectivity index (χ1n) is 5.34. The van der Waals surface area contributed by atoms with Crippen molar-refractivity contribution >= 4 is 5.78 Å². The van der Waals surface area contributed by atoms with Crippen molar-refractivity contribution in [3.63, 3.8) is 0 Å². The monoisotopic (exact) mass is 196 g/mol. The Morgan fingerprint density at radius 3 is 2.71 bits per heavy atom. The molecule has 0 heterocycles. The fraction of sp³-hybridized carbons (Fsp3) is 0.750. The van der Waals surface area contributed by atoms with Crippen LogP contribution in [0.1, 0.15) is 46.0 Å². The van der Waals surface area contributed by atoms with Crippen LogP contribution < -0.4 is 0 Å². The van der Waals surface area contributed by atoms with Crippen LogP contribution in [0, 0.1) is 12.3 Å². The van der Waals surface area contributed by atoms with E-state index in [4.69, 9.17) is 11.2 Å². The number of Topliss-reactive ketones (excluding diaryl/α,β-unsaturated/α-hetero) is 1. The minimum absolute atomic E-state index is 0.198. The van der Waals surface area contributed by atoms with Gasteiger partial charge in [0, 0.05) is 19.4 Å². The summed E-state index contributed by atoms with van der Waals surface area (Å²) in [5, 5.41) is 0. The van der Waals surface area contributed by atoms with Gasteiger partial charge in [0.1, 0.15) is 6.10 Å². The van der Waals surface area contributed by atoms with Crippen molar-refractivity contribution in [2.45, 2.75) is 52.1 Å². The van der Waals surface area contributed by atoms with Crippen molar-refractivity contribution in [1.29, 1.82) is 0 Å². The molecule has 0 aromatic heterocycles. The largest absolute Gasteiger partial charge is 0.371 e. The third kappa shape index (κ3) is 5.77. The van der Waals surface area contributed by atoms with Crippen molar-refractivity contribution in [2.24, 2.45) is 0 Å². The van der Waals surface area contributed by atoms with Crippen molar-refractivity contribution in [3.05, 3.63) is 0 Å². The Morgan fingerprint density at radius 1 is 1.50 bits per heavy atom. The zero-order valence-electron chi connectivity index (χ0n) is 9.21. The van der Waals surface area contributed by atoms with Crippen LogP contribution in [0.4, 0.5) is 0 Å². The summed E-state index contributed by atoms with van der Waals surface area (Å²) in [7, 11) is 0. The quantitative estimate of drug-likeness (QED) is 0.440. The van der Waals surface area contributed by atoms with E-state index < -0.39 is 0 Å². The van der Waals surface area contributed by atoms with Crippen molar-refractivity contribution in [3.8, 4) is 12.3 Å². The van der Waals surface area contributed by atoms with Gasteiger partial charge in [-0.2, -0.15) is 0 Å². The molecule has 0 amide bonds. The van der Waals surface area contributed by atoms with Gasteiger partial charge in [0.2, 0.25) is 0 Å². The number of ketones is 1. The van der Waals surface area contributed by atoms with Crippen LogP contribution in [-0.4, -0.2) is 18.5 Å². The Kier molecular flexibility index (Phi) is 8.27. The molecule has 0 rings (SSSR count). The SMILES string of the molecule is C#CCCCC(=O)C(CCC)OCC. The summed E-state index contributed by atoms with van der Waals surface area (Å²) in [5.74, 6) is 2.73. The van der Waals surface area contributed by atoms with E-state index in [0.717, 1.165) is 19.3 Å². The van der Waals surface area contributed by atoms with Crippen molar-refractivity contribution < 1.29 is 9.53 Å². The number of rotatable bonds is 8. The lowest BCUT2D eigenvalue weighted by Gasteiger charge is -2.14. The third-order valence-corrected chi connectivity index (χ3v) is 2.02. The second kappa shape index (κ2) is 8.77. The lowest BCUT2D eigenvalue weighted by molar-refractivity contribution is -0.130. The van der Waals surface area contributed by atoms with Gasteiger partial charge in [-0.3, -0.25) is 4.79 Å². The predicted octanol–water partition coefficient (Wildman–Crippen LogP) is 2.56. The minimum atomic E-state index is -0.206. The van der Waals surface area contributed by atoms with Gasteiger partial charge in [0.25, 0.3) is 0 Å². The minimum Gasteiger partial charge on any atom is -0.371 e. The van der Waals surface area contributed by atoms with E-state index in [1.165, 1.54) is 0 Å². The highest BCUT2D eigenvalue weighted by molar-refractivity contribution is 5.83. The number of ether oxygens (including phenoxy) is 1. The summed E-state index contributed by atoms with van der Waals surface area (Å²) < 4.78 is 5.37. The molecule has 0 bridgehead atoms. The molecule has 0 aromatic rings. The molecule has 2 heteroatoms. The fourth-order valence-corrected chi connectivity index (χ4v) is 1.33.